The van der Waals surface area contributed by atoms with Gasteiger partial charge in [-0.25, -0.2) is 0 Å². The second kappa shape index (κ2) is 1.51. The lowest BCUT2D eigenvalue weighted by atomic mass is 10.5. The summed E-state index contributed by atoms with van der Waals surface area (Å²) in [5, 5.41) is 2.04. The van der Waals surface area contributed by atoms with Crippen molar-refractivity contribution in [3.8, 4) is 0 Å². The van der Waals surface area contributed by atoms with Crippen molar-refractivity contribution in [1.82, 2.24) is 4.68 Å². The van der Waals surface area contributed by atoms with Crippen LogP contribution in [0.1, 0.15) is 0 Å². The van der Waals surface area contributed by atoms with Gasteiger partial charge in [0.15, 0.2) is 0 Å². The van der Waals surface area contributed by atoms with E-state index in [1.165, 1.54) is 4.70 Å². The Labute approximate surface area is 56.5 Å². The first-order valence-corrected chi connectivity index (χ1v) is 3.55. The Bertz CT molecular complexity index is 320. The first-order valence-electron chi connectivity index (χ1n) is 2.67. The second-order valence-electron chi connectivity index (χ2n) is 1.89. The van der Waals surface area contributed by atoms with Gasteiger partial charge in [-0.15, -0.1) is 11.3 Å². The van der Waals surface area contributed by atoms with Crippen LogP contribution in [0.15, 0.2) is 23.7 Å². The van der Waals surface area contributed by atoms with Gasteiger partial charge < -0.3 is 5.84 Å². The molecule has 0 bridgehead atoms. The first kappa shape index (κ1) is 4.88. The van der Waals surface area contributed by atoms with Crippen molar-refractivity contribution in [2.24, 2.45) is 0 Å². The average Bonchev–Trinajstić information content (AvgIpc) is 2.35. The van der Waals surface area contributed by atoms with Crippen LogP contribution in [0.4, 0.5) is 0 Å². The maximum absolute atomic E-state index is 5.54. The van der Waals surface area contributed by atoms with Crippen LogP contribution >= 0.6 is 11.3 Å². The highest BCUT2D eigenvalue weighted by Crippen LogP contribution is 2.19. The molecule has 0 aliphatic heterocycles. The molecule has 0 aromatic carbocycles. The summed E-state index contributed by atoms with van der Waals surface area (Å²) < 4.78 is 2.88. The van der Waals surface area contributed by atoms with Crippen LogP contribution in [-0.2, 0) is 0 Å². The average molecular weight is 138 g/mol. The lowest BCUT2D eigenvalue weighted by Gasteiger charge is -1.87. The normalized spacial score (nSPS) is 10.7. The minimum atomic E-state index is 1.11. The molecule has 0 unspecified atom stereocenters. The molecule has 3 heteroatoms. The van der Waals surface area contributed by atoms with E-state index < -0.39 is 0 Å². The summed E-state index contributed by atoms with van der Waals surface area (Å²) in [7, 11) is 0. The summed E-state index contributed by atoms with van der Waals surface area (Å²) in [6, 6.07) is 4.03. The van der Waals surface area contributed by atoms with Gasteiger partial charge in [0.1, 0.15) is 0 Å². The smallest absolute Gasteiger partial charge is 0.0797 e. The van der Waals surface area contributed by atoms with Crippen molar-refractivity contribution >= 4 is 21.6 Å². The van der Waals surface area contributed by atoms with Crippen LogP contribution in [0.25, 0.3) is 10.2 Å². The van der Waals surface area contributed by atoms with Gasteiger partial charge in [0.05, 0.1) is 10.2 Å². The fraction of sp³-hybridized carbons (Fsp3) is 0. The molecule has 0 spiro atoms. The zero-order valence-corrected chi connectivity index (χ0v) is 5.56. The highest BCUT2D eigenvalue weighted by Gasteiger charge is 1.95. The summed E-state index contributed by atoms with van der Waals surface area (Å²) in [6.07, 6.45) is 1.86. The van der Waals surface area contributed by atoms with Gasteiger partial charge in [-0.3, -0.25) is 4.68 Å². The molecular weight excluding hydrogens is 132 g/mol. The van der Waals surface area contributed by atoms with Crippen LogP contribution in [0.2, 0.25) is 0 Å². The van der Waals surface area contributed by atoms with Crippen LogP contribution in [0.5, 0.6) is 0 Å². The van der Waals surface area contributed by atoms with Crippen molar-refractivity contribution in [3.05, 3.63) is 23.7 Å². The fourth-order valence-corrected chi connectivity index (χ4v) is 1.66. The molecule has 0 atom stereocenters. The van der Waals surface area contributed by atoms with Gasteiger partial charge in [-0.05, 0) is 17.5 Å². The van der Waals surface area contributed by atoms with Crippen LogP contribution in [0, 0.1) is 0 Å². The molecule has 2 aromatic rings. The summed E-state index contributed by atoms with van der Waals surface area (Å²) in [5.41, 5.74) is 1.11. The van der Waals surface area contributed by atoms with Crippen molar-refractivity contribution in [3.63, 3.8) is 0 Å². The van der Waals surface area contributed by atoms with Crippen molar-refractivity contribution in [2.75, 3.05) is 5.84 Å². The van der Waals surface area contributed by atoms with Gasteiger partial charge in [0.25, 0.3) is 0 Å². The standard InChI is InChI=1S/C6H6N2S/c7-8-3-1-6-5(8)2-4-9-6/h1-4H,7H2. The SMILES string of the molecule is Nn1ccc2sccc21. The fourth-order valence-electron chi connectivity index (χ4n) is 0.881. The lowest BCUT2D eigenvalue weighted by Crippen LogP contribution is -2.03. The van der Waals surface area contributed by atoms with Gasteiger partial charge in [0.2, 0.25) is 0 Å². The molecule has 2 rings (SSSR count). The predicted molar refractivity (Wildman–Crippen MR) is 40.0 cm³/mol. The van der Waals surface area contributed by atoms with E-state index in [1.807, 2.05) is 23.7 Å². The lowest BCUT2D eigenvalue weighted by molar-refractivity contribution is 1.07. The van der Waals surface area contributed by atoms with Gasteiger partial charge in [-0.1, -0.05) is 0 Å². The minimum Gasteiger partial charge on any atom is -0.339 e. The van der Waals surface area contributed by atoms with Gasteiger partial charge in [-0.2, -0.15) is 0 Å². The van der Waals surface area contributed by atoms with E-state index in [9.17, 15) is 0 Å². The molecule has 2 heterocycles. The second-order valence-corrected chi connectivity index (χ2v) is 2.84. The Hall–Kier alpha value is -0.960. The third kappa shape index (κ3) is 0.549. The Balaban J connectivity index is 2.99. The molecule has 0 amide bonds. The third-order valence-corrected chi connectivity index (χ3v) is 2.21. The zero-order valence-electron chi connectivity index (χ0n) is 4.74. The first-order chi connectivity index (χ1) is 4.38. The number of aromatic nitrogens is 1. The molecule has 46 valence electrons. The number of nitrogens with zero attached hydrogens (tertiary/aromatic N) is 1. The number of thiophene rings is 1. The molecule has 0 radical (unpaired) electrons. The predicted octanol–water partition coefficient (Wildman–Crippen LogP) is 1.42. The van der Waals surface area contributed by atoms with Crippen molar-refractivity contribution in [2.45, 2.75) is 0 Å². The highest BCUT2D eigenvalue weighted by molar-refractivity contribution is 7.17. The maximum Gasteiger partial charge on any atom is 0.0797 e. The Morgan fingerprint density at radius 1 is 1.44 bits per heavy atom. The van der Waals surface area contributed by atoms with E-state index in [0.717, 1.165) is 5.52 Å². The van der Waals surface area contributed by atoms with E-state index in [0.29, 0.717) is 0 Å². The topological polar surface area (TPSA) is 30.9 Å². The van der Waals surface area contributed by atoms with Crippen molar-refractivity contribution < 1.29 is 0 Å². The molecule has 2 nitrogen and oxygen atoms in total. The van der Waals surface area contributed by atoms with Gasteiger partial charge >= 0.3 is 0 Å². The molecule has 0 fully saturated rings. The molecule has 9 heavy (non-hydrogen) atoms. The molecule has 0 aliphatic rings. The summed E-state index contributed by atoms with van der Waals surface area (Å²) in [5.74, 6) is 5.54. The Kier molecular flexibility index (Phi) is 0.818. The van der Waals surface area contributed by atoms with Crippen molar-refractivity contribution in [1.29, 1.82) is 0 Å². The molecule has 0 saturated heterocycles. The maximum atomic E-state index is 5.54. The van der Waals surface area contributed by atoms with E-state index in [1.54, 1.807) is 16.0 Å². The molecule has 0 saturated carbocycles. The van der Waals surface area contributed by atoms with E-state index in [-0.39, 0.29) is 0 Å². The number of rotatable bonds is 0. The summed E-state index contributed by atoms with van der Waals surface area (Å²) in [4.78, 5) is 0. The number of hydrogen-bond donors (Lipinski definition) is 1. The van der Waals surface area contributed by atoms with Crippen LogP contribution in [-0.4, -0.2) is 4.68 Å². The van der Waals surface area contributed by atoms with Crippen LogP contribution < -0.4 is 5.84 Å². The molecule has 2 N–H and O–H groups in total. The number of fused-ring (bicyclic) bond motifs is 1. The summed E-state index contributed by atoms with van der Waals surface area (Å²) in [6.45, 7) is 0. The highest BCUT2D eigenvalue weighted by atomic mass is 32.1. The zero-order chi connectivity index (χ0) is 6.27. The summed E-state index contributed by atoms with van der Waals surface area (Å²) >= 11 is 1.71. The van der Waals surface area contributed by atoms with E-state index in [4.69, 9.17) is 5.84 Å². The largest absolute Gasteiger partial charge is 0.339 e. The van der Waals surface area contributed by atoms with Gasteiger partial charge in [0, 0.05) is 6.20 Å². The minimum absolute atomic E-state index is 1.11. The number of hydrogen-bond acceptors (Lipinski definition) is 2. The quantitative estimate of drug-likeness (QED) is 0.548. The Morgan fingerprint density at radius 2 is 2.33 bits per heavy atom. The van der Waals surface area contributed by atoms with Crippen LogP contribution in [0.3, 0.4) is 0 Å². The Morgan fingerprint density at radius 3 is 3.11 bits per heavy atom. The van der Waals surface area contributed by atoms with E-state index in [2.05, 4.69) is 0 Å². The number of nitrogens with two attached hydrogens (primary N) is 1. The monoisotopic (exact) mass is 138 g/mol. The molecular formula is C6H6N2S. The molecule has 0 aliphatic carbocycles. The number of nitrogen functional groups attached to an aromatic ring is 1. The third-order valence-electron chi connectivity index (χ3n) is 1.34. The molecule has 2 aromatic heterocycles. The van der Waals surface area contributed by atoms with E-state index >= 15 is 0 Å².